The van der Waals surface area contributed by atoms with Crippen molar-refractivity contribution in [2.24, 2.45) is 0 Å². The van der Waals surface area contributed by atoms with Crippen molar-refractivity contribution in [2.45, 2.75) is 12.8 Å². The third-order valence-corrected chi connectivity index (χ3v) is 1.24. The zero-order chi connectivity index (χ0) is 6.85. The maximum Gasteiger partial charge on any atom is 0.233 e. The molecule has 0 aromatic carbocycles. The highest BCUT2D eigenvalue weighted by Crippen LogP contribution is 2.10. The molecule has 0 spiro atoms. The lowest BCUT2D eigenvalue weighted by atomic mass is 10.4. The minimum Gasteiger partial charge on any atom is -0.274 e. The molecule has 1 rings (SSSR count). The second-order valence-corrected chi connectivity index (χ2v) is 1.81. The molecule has 3 nitrogen and oxygen atoms in total. The van der Waals surface area contributed by atoms with Crippen molar-refractivity contribution < 1.29 is 9.59 Å². The van der Waals surface area contributed by atoms with Gasteiger partial charge in [0.2, 0.25) is 11.8 Å². The third-order valence-electron chi connectivity index (χ3n) is 1.24. The Morgan fingerprint density at radius 1 is 1.33 bits per heavy atom. The minimum atomic E-state index is -0.206. The van der Waals surface area contributed by atoms with Gasteiger partial charge in [0, 0.05) is 19.0 Å². The van der Waals surface area contributed by atoms with E-state index in [4.69, 9.17) is 6.58 Å². The summed E-state index contributed by atoms with van der Waals surface area (Å²) in [7, 11) is 0. The topological polar surface area (TPSA) is 37.4 Å². The van der Waals surface area contributed by atoms with Crippen LogP contribution in [0.1, 0.15) is 12.8 Å². The van der Waals surface area contributed by atoms with Crippen LogP contribution in [-0.2, 0) is 9.59 Å². The van der Waals surface area contributed by atoms with E-state index in [-0.39, 0.29) is 11.8 Å². The molecule has 0 unspecified atom stereocenters. The van der Waals surface area contributed by atoms with E-state index < -0.39 is 0 Å². The van der Waals surface area contributed by atoms with Crippen LogP contribution in [0.5, 0.6) is 0 Å². The zero-order valence-corrected chi connectivity index (χ0v) is 4.83. The molecular formula is C6H6NO2. The molecule has 1 heterocycles. The molecule has 0 N–H and O–H groups in total. The Morgan fingerprint density at radius 3 is 2.00 bits per heavy atom. The van der Waals surface area contributed by atoms with E-state index in [2.05, 4.69) is 0 Å². The van der Waals surface area contributed by atoms with Gasteiger partial charge in [0.1, 0.15) is 0 Å². The van der Waals surface area contributed by atoms with Gasteiger partial charge in [0.15, 0.2) is 0 Å². The van der Waals surface area contributed by atoms with Crippen molar-refractivity contribution in [3.8, 4) is 0 Å². The molecule has 0 saturated carbocycles. The number of amides is 2. The van der Waals surface area contributed by atoms with Crippen molar-refractivity contribution in [3.63, 3.8) is 0 Å². The molecule has 0 aliphatic carbocycles. The number of imide groups is 1. The van der Waals surface area contributed by atoms with Gasteiger partial charge in [0.25, 0.3) is 0 Å². The highest BCUT2D eigenvalue weighted by Gasteiger charge is 2.25. The first-order chi connectivity index (χ1) is 4.25. The summed E-state index contributed by atoms with van der Waals surface area (Å²) >= 11 is 0. The Hall–Kier alpha value is -1.12. The Bertz CT molecular complexity index is 158. The van der Waals surface area contributed by atoms with Crippen LogP contribution >= 0.6 is 0 Å². The molecule has 1 aliphatic rings. The van der Waals surface area contributed by atoms with Crippen molar-refractivity contribution in [3.05, 3.63) is 12.8 Å². The Labute approximate surface area is 53.0 Å². The first kappa shape index (κ1) is 6.01. The molecule has 0 atom stereocenters. The van der Waals surface area contributed by atoms with Gasteiger partial charge in [-0.15, -0.1) is 0 Å². The highest BCUT2D eigenvalue weighted by atomic mass is 16.2. The smallest absolute Gasteiger partial charge is 0.233 e. The van der Waals surface area contributed by atoms with Crippen molar-refractivity contribution >= 4 is 11.8 Å². The summed E-state index contributed by atoms with van der Waals surface area (Å²) in [5, 5.41) is 0. The quantitative estimate of drug-likeness (QED) is 0.464. The van der Waals surface area contributed by atoms with E-state index >= 15 is 0 Å². The maximum atomic E-state index is 10.6. The van der Waals surface area contributed by atoms with Gasteiger partial charge in [-0.05, 0) is 6.58 Å². The van der Waals surface area contributed by atoms with Gasteiger partial charge >= 0.3 is 0 Å². The summed E-state index contributed by atoms with van der Waals surface area (Å²) < 4.78 is 0. The Morgan fingerprint density at radius 2 is 1.78 bits per heavy atom. The van der Waals surface area contributed by atoms with Gasteiger partial charge in [-0.2, -0.15) is 0 Å². The molecule has 9 heavy (non-hydrogen) atoms. The van der Waals surface area contributed by atoms with Crippen molar-refractivity contribution in [2.75, 3.05) is 0 Å². The van der Waals surface area contributed by atoms with E-state index in [0.29, 0.717) is 12.8 Å². The van der Waals surface area contributed by atoms with Crippen LogP contribution in [0.3, 0.4) is 0 Å². The Kier molecular flexibility index (Phi) is 1.34. The number of hydrogen-bond donors (Lipinski definition) is 0. The van der Waals surface area contributed by atoms with Gasteiger partial charge in [-0.3, -0.25) is 14.5 Å². The second kappa shape index (κ2) is 2.01. The van der Waals surface area contributed by atoms with Crippen LogP contribution < -0.4 is 0 Å². The van der Waals surface area contributed by atoms with E-state index in [1.807, 2.05) is 0 Å². The lowest BCUT2D eigenvalue weighted by Gasteiger charge is -2.03. The van der Waals surface area contributed by atoms with E-state index in [1.54, 1.807) is 0 Å². The summed E-state index contributed by atoms with van der Waals surface area (Å²) in [6.45, 7) is 4.97. The molecule has 1 saturated heterocycles. The van der Waals surface area contributed by atoms with Crippen molar-refractivity contribution in [1.29, 1.82) is 0 Å². The van der Waals surface area contributed by atoms with Crippen LogP contribution in [-0.4, -0.2) is 16.7 Å². The van der Waals surface area contributed by atoms with Crippen LogP contribution in [0, 0.1) is 6.58 Å². The van der Waals surface area contributed by atoms with E-state index in [0.717, 1.165) is 11.1 Å². The molecule has 2 amide bonds. The fourth-order valence-corrected chi connectivity index (χ4v) is 0.760. The monoisotopic (exact) mass is 124 g/mol. The average Bonchev–Trinajstić information content (AvgIpc) is 2.12. The number of carbonyl (C=O) groups is 2. The number of carbonyl (C=O) groups excluding carboxylic acids is 2. The minimum absolute atomic E-state index is 0.206. The zero-order valence-electron chi connectivity index (χ0n) is 4.83. The number of nitrogens with zero attached hydrogens (tertiary/aromatic N) is 1. The molecule has 1 fully saturated rings. The van der Waals surface area contributed by atoms with Gasteiger partial charge < -0.3 is 0 Å². The lowest BCUT2D eigenvalue weighted by Crippen LogP contribution is -2.21. The van der Waals surface area contributed by atoms with Crippen LogP contribution in [0.15, 0.2) is 6.20 Å². The largest absolute Gasteiger partial charge is 0.274 e. The first-order valence-electron chi connectivity index (χ1n) is 2.65. The fourth-order valence-electron chi connectivity index (χ4n) is 0.760. The van der Waals surface area contributed by atoms with Crippen LogP contribution in [0.2, 0.25) is 0 Å². The average molecular weight is 124 g/mol. The maximum absolute atomic E-state index is 10.6. The SMILES string of the molecule is [CH]=CN1C(=O)CCC1=O. The molecular weight excluding hydrogens is 118 g/mol. The van der Waals surface area contributed by atoms with E-state index in [1.165, 1.54) is 0 Å². The molecule has 3 heteroatoms. The number of likely N-dealkylation sites (tertiary alicyclic amines) is 1. The lowest BCUT2D eigenvalue weighted by molar-refractivity contribution is -0.135. The second-order valence-electron chi connectivity index (χ2n) is 1.81. The summed E-state index contributed by atoms with van der Waals surface area (Å²) in [6.07, 6.45) is 1.61. The van der Waals surface area contributed by atoms with Crippen LogP contribution in [0.4, 0.5) is 0 Å². The summed E-state index contributed by atoms with van der Waals surface area (Å²) in [4.78, 5) is 22.2. The normalized spacial score (nSPS) is 18.9. The van der Waals surface area contributed by atoms with Crippen molar-refractivity contribution in [1.82, 2.24) is 4.90 Å². The molecule has 0 aromatic heterocycles. The fraction of sp³-hybridized carbons (Fsp3) is 0.333. The molecule has 1 aliphatic heterocycles. The first-order valence-corrected chi connectivity index (χ1v) is 2.65. The highest BCUT2D eigenvalue weighted by molar-refractivity contribution is 6.02. The summed E-state index contributed by atoms with van der Waals surface area (Å²) in [5.74, 6) is -0.412. The molecule has 0 bridgehead atoms. The molecule has 1 radical (unpaired) electrons. The van der Waals surface area contributed by atoms with Crippen LogP contribution in [0.25, 0.3) is 0 Å². The van der Waals surface area contributed by atoms with E-state index in [9.17, 15) is 9.59 Å². The third kappa shape index (κ3) is 0.850. The molecule has 47 valence electrons. The van der Waals surface area contributed by atoms with Gasteiger partial charge in [-0.25, -0.2) is 0 Å². The summed E-state index contributed by atoms with van der Waals surface area (Å²) in [5.41, 5.74) is 0. The van der Waals surface area contributed by atoms with Gasteiger partial charge in [-0.1, -0.05) is 0 Å². The predicted molar refractivity (Wildman–Crippen MR) is 30.0 cm³/mol. The number of rotatable bonds is 1. The summed E-state index contributed by atoms with van der Waals surface area (Å²) in [6, 6.07) is 0. The Balaban J connectivity index is 2.77. The predicted octanol–water partition coefficient (Wildman–Crippen LogP) is 0.0821. The standard InChI is InChI=1S/C6H6NO2/c1-2-7-5(8)3-4-6(7)9/h1-2H,3-4H2. The van der Waals surface area contributed by atoms with Gasteiger partial charge in [0.05, 0.1) is 0 Å². The molecule has 0 aromatic rings. The number of hydrogen-bond acceptors (Lipinski definition) is 2.